The molecule has 0 aromatic heterocycles. The minimum absolute atomic E-state index is 0.0231. The van der Waals surface area contributed by atoms with Crippen molar-refractivity contribution in [1.82, 2.24) is 0 Å². The molecule has 0 rings (SSSR count). The second-order valence-electron chi connectivity index (χ2n) is 3.52. The van der Waals surface area contributed by atoms with Crippen molar-refractivity contribution in [2.75, 3.05) is 6.54 Å². The molecule has 1 atom stereocenters. The quantitative estimate of drug-likeness (QED) is 0.365. The number of carboxylic acids is 3. The van der Waals surface area contributed by atoms with Crippen LogP contribution in [0.5, 0.6) is 0 Å². The van der Waals surface area contributed by atoms with E-state index in [0.29, 0.717) is 13.0 Å². The fourth-order valence-corrected chi connectivity index (χ4v) is 0.823. The number of rotatable bonds is 8. The number of aliphatic carboxylic acids is 3. The standard InChI is InChI=1S/C5H9NO4.C5H11NO2/c6-3(5(9)10)1-2-4(7)8;6-4-2-1-3-5(7)8/h3H,1-2,6H2,(H,7,8)(H,9,10);1-4,6H2,(H,7,8)/t3-;/m0./s1. The molecule has 0 amide bonds. The molecule has 0 aliphatic rings. The topological polar surface area (TPSA) is 164 Å². The third kappa shape index (κ3) is 16.7. The van der Waals surface area contributed by atoms with Crippen LogP contribution >= 0.6 is 0 Å². The van der Waals surface area contributed by atoms with Gasteiger partial charge in [0.25, 0.3) is 0 Å². The zero-order chi connectivity index (χ0) is 14.6. The van der Waals surface area contributed by atoms with Crippen LogP contribution in [0, 0.1) is 0 Å². The van der Waals surface area contributed by atoms with Gasteiger partial charge in [-0.1, -0.05) is 0 Å². The summed E-state index contributed by atoms with van der Waals surface area (Å²) in [5.41, 5.74) is 10.1. The molecule has 106 valence electrons. The molecule has 0 aromatic carbocycles. The third-order valence-electron chi connectivity index (χ3n) is 1.83. The van der Waals surface area contributed by atoms with Gasteiger partial charge in [0, 0.05) is 12.8 Å². The zero-order valence-electron chi connectivity index (χ0n) is 10.0. The fourth-order valence-electron chi connectivity index (χ4n) is 0.823. The number of unbranched alkanes of at least 4 members (excludes halogenated alkanes) is 1. The van der Waals surface area contributed by atoms with E-state index in [-0.39, 0.29) is 19.3 Å². The molecule has 0 fully saturated rings. The van der Waals surface area contributed by atoms with Crippen molar-refractivity contribution in [3.63, 3.8) is 0 Å². The summed E-state index contributed by atoms with van der Waals surface area (Å²) in [6.07, 6.45) is 1.54. The van der Waals surface area contributed by atoms with Gasteiger partial charge in [0.15, 0.2) is 0 Å². The first-order chi connectivity index (χ1) is 8.31. The van der Waals surface area contributed by atoms with E-state index < -0.39 is 23.9 Å². The summed E-state index contributed by atoms with van der Waals surface area (Å²) in [6.45, 7) is 0.591. The van der Waals surface area contributed by atoms with Crippen LogP contribution in [-0.2, 0) is 14.4 Å². The van der Waals surface area contributed by atoms with E-state index in [1.54, 1.807) is 0 Å². The van der Waals surface area contributed by atoms with Crippen molar-refractivity contribution in [3.05, 3.63) is 0 Å². The lowest BCUT2D eigenvalue weighted by atomic mass is 10.2. The summed E-state index contributed by atoms with van der Waals surface area (Å²) in [5.74, 6) is -2.93. The van der Waals surface area contributed by atoms with Gasteiger partial charge in [-0.15, -0.1) is 0 Å². The Morgan fingerprint density at radius 2 is 1.44 bits per heavy atom. The highest BCUT2D eigenvalue weighted by atomic mass is 16.4. The summed E-state index contributed by atoms with van der Waals surface area (Å²) < 4.78 is 0. The lowest BCUT2D eigenvalue weighted by Crippen LogP contribution is -2.30. The van der Waals surface area contributed by atoms with Crippen molar-refractivity contribution in [2.45, 2.75) is 38.1 Å². The Hall–Kier alpha value is -1.67. The minimum atomic E-state index is -1.17. The van der Waals surface area contributed by atoms with Gasteiger partial charge in [0.05, 0.1) is 0 Å². The molecule has 0 spiro atoms. The van der Waals surface area contributed by atoms with Crippen molar-refractivity contribution in [3.8, 4) is 0 Å². The lowest BCUT2D eigenvalue weighted by molar-refractivity contribution is -0.140. The summed E-state index contributed by atoms with van der Waals surface area (Å²) in [7, 11) is 0. The van der Waals surface area contributed by atoms with E-state index in [1.165, 1.54) is 0 Å². The molecule has 8 heteroatoms. The number of carboxylic acid groups (broad SMARTS) is 3. The van der Waals surface area contributed by atoms with Crippen LogP contribution in [0.1, 0.15) is 32.1 Å². The van der Waals surface area contributed by atoms with Gasteiger partial charge in [0.2, 0.25) is 0 Å². The Balaban J connectivity index is 0. The molecule has 0 unspecified atom stereocenters. The van der Waals surface area contributed by atoms with E-state index in [9.17, 15) is 14.4 Å². The maximum absolute atomic E-state index is 9.99. The Morgan fingerprint density at radius 3 is 1.78 bits per heavy atom. The molecule has 18 heavy (non-hydrogen) atoms. The number of hydrogen-bond acceptors (Lipinski definition) is 5. The zero-order valence-corrected chi connectivity index (χ0v) is 10.0. The van der Waals surface area contributed by atoms with Crippen molar-refractivity contribution in [1.29, 1.82) is 0 Å². The van der Waals surface area contributed by atoms with Gasteiger partial charge < -0.3 is 26.8 Å². The van der Waals surface area contributed by atoms with Crippen LogP contribution in [0.3, 0.4) is 0 Å². The van der Waals surface area contributed by atoms with Crippen LogP contribution in [0.2, 0.25) is 0 Å². The molecule has 0 radical (unpaired) electrons. The first kappa shape index (κ1) is 18.7. The SMILES string of the molecule is NCCCCC(=O)O.N[C@@H](CCC(=O)O)C(=O)O. The molecule has 8 nitrogen and oxygen atoms in total. The monoisotopic (exact) mass is 264 g/mol. The highest BCUT2D eigenvalue weighted by molar-refractivity contribution is 5.74. The van der Waals surface area contributed by atoms with Gasteiger partial charge in [0.1, 0.15) is 6.04 Å². The second kappa shape index (κ2) is 11.8. The molecule has 0 heterocycles. The van der Waals surface area contributed by atoms with Crippen LogP contribution < -0.4 is 11.5 Å². The summed E-state index contributed by atoms with van der Waals surface area (Å²) in [5, 5.41) is 24.4. The Labute approximate surface area is 105 Å². The van der Waals surface area contributed by atoms with E-state index in [0.717, 1.165) is 6.42 Å². The number of hydrogen-bond donors (Lipinski definition) is 5. The maximum atomic E-state index is 9.99. The number of carbonyl (C=O) groups is 3. The van der Waals surface area contributed by atoms with Gasteiger partial charge in [-0.2, -0.15) is 0 Å². The minimum Gasteiger partial charge on any atom is -0.481 e. The van der Waals surface area contributed by atoms with Gasteiger partial charge in [-0.3, -0.25) is 14.4 Å². The molecule has 0 aliphatic heterocycles. The molecular formula is C10H20N2O6. The Morgan fingerprint density at radius 1 is 0.944 bits per heavy atom. The normalized spacial score (nSPS) is 11.0. The van der Waals surface area contributed by atoms with Crippen molar-refractivity contribution >= 4 is 17.9 Å². The molecule has 0 aliphatic carbocycles. The van der Waals surface area contributed by atoms with Crippen LogP contribution in [-0.4, -0.2) is 45.8 Å². The molecular weight excluding hydrogens is 244 g/mol. The highest BCUT2D eigenvalue weighted by Crippen LogP contribution is 1.93. The van der Waals surface area contributed by atoms with E-state index in [1.807, 2.05) is 0 Å². The van der Waals surface area contributed by atoms with Gasteiger partial charge in [-0.25, -0.2) is 0 Å². The second-order valence-corrected chi connectivity index (χ2v) is 3.52. The molecule has 7 N–H and O–H groups in total. The average Bonchev–Trinajstić information content (AvgIpc) is 2.26. The van der Waals surface area contributed by atoms with Crippen LogP contribution in [0.4, 0.5) is 0 Å². The lowest BCUT2D eigenvalue weighted by Gasteiger charge is -2.01. The van der Waals surface area contributed by atoms with E-state index >= 15 is 0 Å². The highest BCUT2D eigenvalue weighted by Gasteiger charge is 2.12. The summed E-state index contributed by atoms with van der Waals surface area (Å²) >= 11 is 0. The van der Waals surface area contributed by atoms with Crippen molar-refractivity contribution in [2.24, 2.45) is 11.5 Å². The summed E-state index contributed by atoms with van der Waals surface area (Å²) in [6, 6.07) is -1.06. The number of nitrogens with two attached hydrogens (primary N) is 2. The Kier molecular flexibility index (Phi) is 12.3. The fraction of sp³-hybridized carbons (Fsp3) is 0.700. The van der Waals surface area contributed by atoms with E-state index in [2.05, 4.69) is 0 Å². The van der Waals surface area contributed by atoms with E-state index in [4.69, 9.17) is 26.8 Å². The smallest absolute Gasteiger partial charge is 0.320 e. The first-order valence-electron chi connectivity index (χ1n) is 5.43. The average molecular weight is 264 g/mol. The van der Waals surface area contributed by atoms with Crippen LogP contribution in [0.15, 0.2) is 0 Å². The molecule has 0 saturated carbocycles. The van der Waals surface area contributed by atoms with Gasteiger partial charge >= 0.3 is 17.9 Å². The maximum Gasteiger partial charge on any atom is 0.320 e. The molecule has 0 bridgehead atoms. The summed E-state index contributed by atoms with van der Waals surface area (Å²) in [4.78, 5) is 29.7. The van der Waals surface area contributed by atoms with Crippen molar-refractivity contribution < 1.29 is 29.7 Å². The van der Waals surface area contributed by atoms with Crippen LogP contribution in [0.25, 0.3) is 0 Å². The molecule has 0 aromatic rings. The predicted molar refractivity (Wildman–Crippen MR) is 63.0 cm³/mol. The largest absolute Gasteiger partial charge is 0.481 e. The first-order valence-corrected chi connectivity index (χ1v) is 5.43. The molecule has 0 saturated heterocycles. The third-order valence-corrected chi connectivity index (χ3v) is 1.83. The predicted octanol–water partition coefficient (Wildman–Crippen LogP) is -0.537. The Bertz CT molecular complexity index is 269. The van der Waals surface area contributed by atoms with Gasteiger partial charge in [-0.05, 0) is 25.8 Å².